The van der Waals surface area contributed by atoms with E-state index in [2.05, 4.69) is 11.0 Å². The van der Waals surface area contributed by atoms with Crippen molar-refractivity contribution in [3.05, 3.63) is 55.6 Å². The Morgan fingerprint density at radius 3 is 2.64 bits per heavy atom. The highest BCUT2D eigenvalue weighted by atomic mass is 35.5. The number of nitrogens with zero attached hydrogens (tertiary/aromatic N) is 2. The second kappa shape index (κ2) is 8.04. The number of hydrogen-bond donors (Lipinski definition) is 1. The van der Waals surface area contributed by atoms with E-state index >= 15 is 0 Å². The third kappa shape index (κ3) is 4.53. The van der Waals surface area contributed by atoms with Crippen molar-refractivity contribution in [2.45, 2.75) is 43.7 Å². The molecule has 0 bridgehead atoms. The molecule has 136 valence electrons. The van der Waals surface area contributed by atoms with Gasteiger partial charge in [-0.25, -0.2) is 0 Å². The molecule has 1 saturated heterocycles. The van der Waals surface area contributed by atoms with E-state index in [1.807, 2.05) is 0 Å². The molecule has 1 fully saturated rings. The Morgan fingerprint density at radius 2 is 2.00 bits per heavy atom. The third-order valence-electron chi connectivity index (χ3n) is 5.21. The van der Waals surface area contributed by atoms with E-state index in [0.717, 1.165) is 43.6 Å². The van der Waals surface area contributed by atoms with Crippen LogP contribution in [0.15, 0.2) is 29.8 Å². The SMILES string of the molecule is O=[N+]([O-])[C@H]1CC(CN2CCC(O)CC2)=CC[C@@H]1c1ccc(Cl)cc1Cl. The topological polar surface area (TPSA) is 66.6 Å². The summed E-state index contributed by atoms with van der Waals surface area (Å²) >= 11 is 12.2. The molecular weight excluding hydrogens is 363 g/mol. The lowest BCUT2D eigenvalue weighted by Gasteiger charge is -2.32. The van der Waals surface area contributed by atoms with Gasteiger partial charge in [0.15, 0.2) is 0 Å². The number of rotatable bonds is 4. The maximum absolute atomic E-state index is 11.7. The van der Waals surface area contributed by atoms with Crippen molar-refractivity contribution < 1.29 is 10.0 Å². The van der Waals surface area contributed by atoms with Crippen molar-refractivity contribution in [1.29, 1.82) is 0 Å². The second-order valence-corrected chi connectivity index (χ2v) is 7.78. The van der Waals surface area contributed by atoms with E-state index in [0.29, 0.717) is 22.9 Å². The standard InChI is InChI=1S/C18H22Cl2N2O3/c19-13-2-4-15(17(20)10-13)16-3-1-12(9-18(16)22(24)25)11-21-7-5-14(23)6-8-21/h1-2,4,10,14,16,18,23H,3,5-9,11H2/t16-,18+/m1/s1. The first-order valence-corrected chi connectivity index (χ1v) is 9.36. The normalized spacial score (nSPS) is 25.6. The minimum atomic E-state index is -0.672. The minimum absolute atomic E-state index is 0.178. The fraction of sp³-hybridized carbons (Fsp3) is 0.556. The molecular formula is C18H22Cl2N2O3. The molecule has 2 atom stereocenters. The molecule has 0 amide bonds. The molecule has 0 aromatic heterocycles. The molecule has 25 heavy (non-hydrogen) atoms. The third-order valence-corrected chi connectivity index (χ3v) is 5.78. The van der Waals surface area contributed by atoms with E-state index in [1.165, 1.54) is 0 Å². The van der Waals surface area contributed by atoms with Crippen LogP contribution in [0, 0.1) is 10.1 Å². The van der Waals surface area contributed by atoms with Crippen molar-refractivity contribution in [3.63, 3.8) is 0 Å². The lowest BCUT2D eigenvalue weighted by Crippen LogP contribution is -2.39. The Morgan fingerprint density at radius 1 is 1.28 bits per heavy atom. The fourth-order valence-electron chi connectivity index (χ4n) is 3.80. The number of nitro groups is 1. The number of aliphatic hydroxyl groups excluding tert-OH is 1. The molecule has 1 aromatic carbocycles. The van der Waals surface area contributed by atoms with Crippen molar-refractivity contribution in [3.8, 4) is 0 Å². The summed E-state index contributed by atoms with van der Waals surface area (Å²) in [6.07, 6.45) is 4.51. The summed E-state index contributed by atoms with van der Waals surface area (Å²) in [6, 6.07) is 4.51. The highest BCUT2D eigenvalue weighted by Gasteiger charge is 2.37. The monoisotopic (exact) mass is 384 g/mol. The van der Waals surface area contributed by atoms with Gasteiger partial charge in [0.05, 0.1) is 12.0 Å². The van der Waals surface area contributed by atoms with Gasteiger partial charge in [0.2, 0.25) is 6.04 Å². The maximum Gasteiger partial charge on any atom is 0.223 e. The summed E-state index contributed by atoms with van der Waals surface area (Å²) in [7, 11) is 0. The maximum atomic E-state index is 11.7. The van der Waals surface area contributed by atoms with Gasteiger partial charge < -0.3 is 5.11 Å². The number of benzene rings is 1. The Bertz CT molecular complexity index is 672. The van der Waals surface area contributed by atoms with Crippen LogP contribution in [0.3, 0.4) is 0 Å². The van der Waals surface area contributed by atoms with Crippen LogP contribution in [0.25, 0.3) is 0 Å². The molecule has 5 nitrogen and oxygen atoms in total. The molecule has 1 N–H and O–H groups in total. The molecule has 3 rings (SSSR count). The zero-order valence-corrected chi connectivity index (χ0v) is 15.4. The number of likely N-dealkylation sites (tertiary alicyclic amines) is 1. The van der Waals surface area contributed by atoms with Crippen molar-refractivity contribution in [2.75, 3.05) is 19.6 Å². The van der Waals surface area contributed by atoms with Crippen LogP contribution >= 0.6 is 23.2 Å². The summed E-state index contributed by atoms with van der Waals surface area (Å²) in [4.78, 5) is 13.8. The van der Waals surface area contributed by atoms with Gasteiger partial charge in [-0.15, -0.1) is 0 Å². The second-order valence-electron chi connectivity index (χ2n) is 6.93. The zero-order chi connectivity index (χ0) is 18.0. The molecule has 2 aliphatic rings. The quantitative estimate of drug-likeness (QED) is 0.485. The summed E-state index contributed by atoms with van der Waals surface area (Å²) in [5.41, 5.74) is 1.91. The molecule has 1 aliphatic heterocycles. The van der Waals surface area contributed by atoms with Crippen LogP contribution in [0.1, 0.15) is 37.2 Å². The molecule has 1 aliphatic carbocycles. The number of allylic oxidation sites excluding steroid dienone is 1. The Labute approximate surface area is 157 Å². The van der Waals surface area contributed by atoms with Gasteiger partial charge in [-0.1, -0.05) is 40.9 Å². The molecule has 1 heterocycles. The fourth-order valence-corrected chi connectivity index (χ4v) is 4.35. The Balaban J connectivity index is 1.74. The summed E-state index contributed by atoms with van der Waals surface area (Å²) in [5.74, 6) is -0.230. The number of hydrogen-bond acceptors (Lipinski definition) is 4. The van der Waals surface area contributed by atoms with Gasteiger partial charge in [-0.05, 0) is 37.0 Å². The van der Waals surface area contributed by atoms with Crippen LogP contribution in [0.2, 0.25) is 10.0 Å². The van der Waals surface area contributed by atoms with E-state index in [9.17, 15) is 15.2 Å². The molecule has 0 spiro atoms. The van der Waals surface area contributed by atoms with E-state index in [4.69, 9.17) is 23.2 Å². The highest BCUT2D eigenvalue weighted by molar-refractivity contribution is 6.35. The molecule has 7 heteroatoms. The number of aliphatic hydroxyl groups is 1. The Hall–Kier alpha value is -1.14. The van der Waals surface area contributed by atoms with Gasteiger partial charge in [0.1, 0.15) is 0 Å². The molecule has 0 saturated carbocycles. The average molecular weight is 385 g/mol. The average Bonchev–Trinajstić information content (AvgIpc) is 2.57. The number of halogens is 2. The van der Waals surface area contributed by atoms with E-state index in [-0.39, 0.29) is 16.9 Å². The van der Waals surface area contributed by atoms with Crippen LogP contribution in [0.5, 0.6) is 0 Å². The Kier molecular flexibility index (Phi) is 6.00. The minimum Gasteiger partial charge on any atom is -0.393 e. The van der Waals surface area contributed by atoms with Crippen LogP contribution in [-0.2, 0) is 0 Å². The molecule has 0 unspecified atom stereocenters. The van der Waals surface area contributed by atoms with Crippen molar-refractivity contribution in [2.24, 2.45) is 0 Å². The first-order valence-electron chi connectivity index (χ1n) is 8.61. The van der Waals surface area contributed by atoms with E-state index < -0.39 is 6.04 Å². The molecule has 1 aromatic rings. The van der Waals surface area contributed by atoms with Gasteiger partial charge in [0.25, 0.3) is 0 Å². The van der Waals surface area contributed by atoms with Crippen molar-refractivity contribution in [1.82, 2.24) is 4.90 Å². The number of piperidine rings is 1. The summed E-state index contributed by atoms with van der Waals surface area (Å²) in [5, 5.41) is 22.3. The smallest absolute Gasteiger partial charge is 0.223 e. The predicted molar refractivity (Wildman–Crippen MR) is 99.0 cm³/mol. The zero-order valence-electron chi connectivity index (χ0n) is 13.9. The van der Waals surface area contributed by atoms with Gasteiger partial charge >= 0.3 is 0 Å². The van der Waals surface area contributed by atoms with Crippen molar-refractivity contribution >= 4 is 23.2 Å². The van der Waals surface area contributed by atoms with Crippen LogP contribution < -0.4 is 0 Å². The first-order chi connectivity index (χ1) is 11.9. The van der Waals surface area contributed by atoms with E-state index in [1.54, 1.807) is 18.2 Å². The molecule has 0 radical (unpaired) electrons. The first kappa shape index (κ1) is 18.6. The lowest BCUT2D eigenvalue weighted by molar-refractivity contribution is -0.527. The van der Waals surface area contributed by atoms with Crippen LogP contribution in [0.4, 0.5) is 0 Å². The van der Waals surface area contributed by atoms with Gasteiger partial charge in [-0.3, -0.25) is 15.0 Å². The summed E-state index contributed by atoms with van der Waals surface area (Å²) < 4.78 is 0. The van der Waals surface area contributed by atoms with Crippen LogP contribution in [-0.4, -0.2) is 46.7 Å². The summed E-state index contributed by atoms with van der Waals surface area (Å²) in [6.45, 7) is 2.43. The lowest BCUT2D eigenvalue weighted by atomic mass is 9.80. The van der Waals surface area contributed by atoms with Gasteiger partial charge in [0, 0.05) is 41.0 Å². The predicted octanol–water partition coefficient (Wildman–Crippen LogP) is 3.90. The highest BCUT2D eigenvalue weighted by Crippen LogP contribution is 2.38. The largest absolute Gasteiger partial charge is 0.393 e. The van der Waals surface area contributed by atoms with Gasteiger partial charge in [-0.2, -0.15) is 0 Å².